The van der Waals surface area contributed by atoms with Gasteiger partial charge in [0.25, 0.3) is 0 Å². The first kappa shape index (κ1) is 57.5. The number of carbonyl (C=O) groups is 2. The average molecular weight is 885 g/mol. The standard InChI is InChI=1S/C50H94NO9P/c1-6-8-10-12-14-15-16-17-18-19-20-21-22-23-24-25-26-27-28-32-36-40-49(52)56-44-46(45-58-61(54,55)57-43-42-51(3,4)5)59-50(53)41-37-33-29-31-35-39-48-47(60-48)38-34-30-13-11-9-7-2/h17-18,30,34,46-48H,6-16,19-29,31-33,35-45H2,1-5H3/p+1/b18-17-,34-30-/t46-,47?,48?/m1/s1. The number of hydrogen-bond donors (Lipinski definition) is 1. The van der Waals surface area contributed by atoms with Gasteiger partial charge in [0, 0.05) is 12.8 Å². The van der Waals surface area contributed by atoms with Gasteiger partial charge in [0.15, 0.2) is 6.10 Å². The molecule has 0 aromatic rings. The third-order valence-electron chi connectivity index (χ3n) is 11.4. The van der Waals surface area contributed by atoms with Crippen LogP contribution in [0.3, 0.4) is 0 Å². The van der Waals surface area contributed by atoms with E-state index in [0.717, 1.165) is 64.2 Å². The minimum atomic E-state index is -4.39. The second-order valence-corrected chi connectivity index (χ2v) is 20.0. The van der Waals surface area contributed by atoms with E-state index >= 15 is 0 Å². The number of carbonyl (C=O) groups excluding carboxylic acids is 2. The van der Waals surface area contributed by atoms with Crippen molar-refractivity contribution in [2.24, 2.45) is 0 Å². The Balaban J connectivity index is 2.21. The SMILES string of the molecule is CCCCC/C=C\CC1OC1CCCCCCCC(=O)O[C@H](COC(=O)CCCCCCCCCCCCC/C=C\CCCCCCCC)COP(=O)(O)OCC[N+](C)(C)C. The molecule has 0 bridgehead atoms. The maximum atomic E-state index is 12.8. The van der Waals surface area contributed by atoms with E-state index in [-0.39, 0.29) is 32.0 Å². The topological polar surface area (TPSA) is 121 Å². The summed E-state index contributed by atoms with van der Waals surface area (Å²) in [7, 11) is 1.46. The first-order chi connectivity index (χ1) is 29.5. The van der Waals surface area contributed by atoms with E-state index in [0.29, 0.717) is 29.7 Å². The van der Waals surface area contributed by atoms with Gasteiger partial charge >= 0.3 is 19.8 Å². The number of allylic oxidation sites excluding steroid dienone is 3. The quantitative estimate of drug-likeness (QED) is 0.0159. The van der Waals surface area contributed by atoms with Crippen LogP contribution in [0.4, 0.5) is 0 Å². The van der Waals surface area contributed by atoms with Gasteiger partial charge in [0.05, 0.1) is 40.0 Å². The van der Waals surface area contributed by atoms with E-state index < -0.39 is 26.5 Å². The predicted octanol–water partition coefficient (Wildman–Crippen LogP) is 13.7. The first-order valence-corrected chi connectivity index (χ1v) is 26.7. The van der Waals surface area contributed by atoms with Gasteiger partial charge in [0.2, 0.25) is 0 Å². The van der Waals surface area contributed by atoms with Crippen molar-refractivity contribution >= 4 is 19.8 Å². The molecule has 0 amide bonds. The summed E-state index contributed by atoms with van der Waals surface area (Å²) in [6, 6.07) is 0. The normalized spacial score (nSPS) is 17.0. The number of ether oxygens (including phenoxy) is 3. The van der Waals surface area contributed by atoms with E-state index in [9.17, 15) is 19.0 Å². The van der Waals surface area contributed by atoms with Crippen LogP contribution >= 0.6 is 7.82 Å². The molecule has 1 rings (SSSR count). The number of phosphoric acid groups is 1. The zero-order chi connectivity index (χ0) is 44.7. The molecule has 1 heterocycles. The van der Waals surface area contributed by atoms with Crippen molar-refractivity contribution in [1.29, 1.82) is 0 Å². The second-order valence-electron chi connectivity index (χ2n) is 18.6. The molecule has 0 aromatic carbocycles. The fourth-order valence-corrected chi connectivity index (χ4v) is 8.05. The van der Waals surface area contributed by atoms with Gasteiger partial charge in [0.1, 0.15) is 19.8 Å². The highest BCUT2D eigenvalue weighted by atomic mass is 31.2. The van der Waals surface area contributed by atoms with Crippen LogP contribution in [0.5, 0.6) is 0 Å². The summed E-state index contributed by atoms with van der Waals surface area (Å²) in [6.45, 7) is 4.38. The number of hydrogen-bond acceptors (Lipinski definition) is 8. The molecular weight excluding hydrogens is 790 g/mol. The number of phosphoric ester groups is 1. The number of epoxide rings is 1. The Morgan fingerprint density at radius 3 is 1.61 bits per heavy atom. The number of nitrogens with zero attached hydrogens (tertiary/aromatic N) is 1. The number of quaternary nitrogens is 1. The van der Waals surface area contributed by atoms with Gasteiger partial charge in [-0.25, -0.2) is 4.57 Å². The summed E-state index contributed by atoms with van der Waals surface area (Å²) in [5.74, 6) is -0.815. The fourth-order valence-electron chi connectivity index (χ4n) is 7.31. The van der Waals surface area contributed by atoms with Crippen molar-refractivity contribution in [3.8, 4) is 0 Å². The van der Waals surface area contributed by atoms with E-state index in [4.69, 9.17) is 23.3 Å². The number of likely N-dealkylation sites (N-methyl/N-ethyl adjacent to an activating group) is 1. The lowest BCUT2D eigenvalue weighted by Crippen LogP contribution is -2.37. The van der Waals surface area contributed by atoms with Gasteiger partial charge in [-0.05, 0) is 64.2 Å². The Labute approximate surface area is 374 Å². The van der Waals surface area contributed by atoms with Crippen molar-refractivity contribution in [1.82, 2.24) is 0 Å². The molecule has 10 nitrogen and oxygen atoms in total. The first-order valence-electron chi connectivity index (χ1n) is 25.2. The summed E-state index contributed by atoms with van der Waals surface area (Å²) in [5, 5.41) is 0. The highest BCUT2D eigenvalue weighted by Crippen LogP contribution is 2.43. The minimum absolute atomic E-state index is 0.0270. The van der Waals surface area contributed by atoms with Gasteiger partial charge < -0.3 is 23.6 Å². The third-order valence-corrected chi connectivity index (χ3v) is 12.4. The van der Waals surface area contributed by atoms with Crippen LogP contribution in [0.15, 0.2) is 24.3 Å². The third kappa shape index (κ3) is 39.8. The lowest BCUT2D eigenvalue weighted by molar-refractivity contribution is -0.870. The number of unbranched alkanes of at least 4 members (excludes halogenated alkanes) is 24. The molecule has 1 aliphatic heterocycles. The minimum Gasteiger partial charge on any atom is -0.462 e. The van der Waals surface area contributed by atoms with Crippen molar-refractivity contribution in [2.45, 2.75) is 238 Å². The van der Waals surface area contributed by atoms with Crippen molar-refractivity contribution in [2.75, 3.05) is 47.5 Å². The van der Waals surface area contributed by atoms with E-state index in [2.05, 4.69) is 38.2 Å². The van der Waals surface area contributed by atoms with Crippen LogP contribution in [-0.2, 0) is 37.4 Å². The van der Waals surface area contributed by atoms with E-state index in [1.807, 2.05) is 21.1 Å². The Morgan fingerprint density at radius 2 is 1.05 bits per heavy atom. The summed E-state index contributed by atoms with van der Waals surface area (Å²) in [6.07, 6.45) is 45.3. The summed E-state index contributed by atoms with van der Waals surface area (Å²) >= 11 is 0. The summed E-state index contributed by atoms with van der Waals surface area (Å²) < 4.78 is 40.3. The highest BCUT2D eigenvalue weighted by molar-refractivity contribution is 7.47. The second kappa shape index (κ2) is 38.9. The Hall–Kier alpha value is -1.55. The molecule has 4 atom stereocenters. The fraction of sp³-hybridized carbons (Fsp3) is 0.880. The smallest absolute Gasteiger partial charge is 0.462 e. The number of esters is 2. The molecule has 0 aliphatic carbocycles. The molecule has 3 unspecified atom stereocenters. The Kier molecular flexibility index (Phi) is 36.6. The predicted molar refractivity (Wildman–Crippen MR) is 252 cm³/mol. The van der Waals surface area contributed by atoms with E-state index in [1.54, 1.807) is 0 Å². The van der Waals surface area contributed by atoms with Gasteiger partial charge in [-0.2, -0.15) is 0 Å². The Bertz CT molecular complexity index is 1160. The van der Waals surface area contributed by atoms with Crippen LogP contribution in [-0.4, -0.2) is 87.1 Å². The maximum absolute atomic E-state index is 12.8. The van der Waals surface area contributed by atoms with Gasteiger partial charge in [-0.1, -0.05) is 167 Å². The van der Waals surface area contributed by atoms with Crippen LogP contribution in [0.25, 0.3) is 0 Å². The molecular formula is C50H95NO9P+. The van der Waals surface area contributed by atoms with Gasteiger partial charge in [-0.15, -0.1) is 0 Å². The lowest BCUT2D eigenvalue weighted by atomic mass is 10.0. The molecule has 1 aliphatic rings. The maximum Gasteiger partial charge on any atom is 0.472 e. The molecule has 358 valence electrons. The molecule has 0 aromatic heterocycles. The molecule has 0 saturated carbocycles. The zero-order valence-corrected chi connectivity index (χ0v) is 41.0. The highest BCUT2D eigenvalue weighted by Gasteiger charge is 2.36. The lowest BCUT2D eigenvalue weighted by Gasteiger charge is -2.24. The Morgan fingerprint density at radius 1 is 0.590 bits per heavy atom. The van der Waals surface area contributed by atoms with Crippen molar-refractivity contribution < 1.29 is 46.8 Å². The van der Waals surface area contributed by atoms with Crippen LogP contribution < -0.4 is 0 Å². The van der Waals surface area contributed by atoms with Crippen molar-refractivity contribution in [3.05, 3.63) is 24.3 Å². The molecule has 1 N–H and O–H groups in total. The van der Waals surface area contributed by atoms with Crippen LogP contribution in [0.2, 0.25) is 0 Å². The zero-order valence-electron chi connectivity index (χ0n) is 40.1. The summed E-state index contributed by atoms with van der Waals surface area (Å²) in [4.78, 5) is 35.5. The molecule has 1 saturated heterocycles. The number of rotatable bonds is 45. The molecule has 0 radical (unpaired) electrons. The van der Waals surface area contributed by atoms with Crippen LogP contribution in [0.1, 0.15) is 219 Å². The van der Waals surface area contributed by atoms with Crippen LogP contribution in [0, 0.1) is 0 Å². The average Bonchev–Trinajstić information content (AvgIpc) is 3.97. The van der Waals surface area contributed by atoms with E-state index in [1.165, 1.54) is 122 Å². The molecule has 11 heteroatoms. The molecule has 1 fully saturated rings. The largest absolute Gasteiger partial charge is 0.472 e. The summed E-state index contributed by atoms with van der Waals surface area (Å²) in [5.41, 5.74) is 0. The van der Waals surface area contributed by atoms with Gasteiger partial charge in [-0.3, -0.25) is 18.6 Å². The van der Waals surface area contributed by atoms with Crippen molar-refractivity contribution in [3.63, 3.8) is 0 Å². The molecule has 61 heavy (non-hydrogen) atoms. The monoisotopic (exact) mass is 885 g/mol. The molecule has 0 spiro atoms.